The van der Waals surface area contributed by atoms with E-state index in [9.17, 15) is 0 Å². The summed E-state index contributed by atoms with van der Waals surface area (Å²) in [4.78, 5) is 0. The van der Waals surface area contributed by atoms with Crippen molar-refractivity contribution in [2.75, 3.05) is 11.9 Å². The summed E-state index contributed by atoms with van der Waals surface area (Å²) in [5.74, 6) is 0. The molecule has 0 aliphatic carbocycles. The normalized spacial score (nSPS) is 11.6. The molecule has 1 nitrogen and oxygen atoms in total. The first-order valence-corrected chi connectivity index (χ1v) is 5.75. The zero-order valence-corrected chi connectivity index (χ0v) is 10.9. The molecule has 1 rings (SSSR count). The quantitative estimate of drug-likeness (QED) is 0.842. The van der Waals surface area contributed by atoms with Crippen LogP contribution in [0.25, 0.3) is 0 Å². The Bertz CT molecular complexity index is 332. The lowest BCUT2D eigenvalue weighted by atomic mass is 10.3. The first-order valence-electron chi connectivity index (χ1n) is 3.76. The molecule has 5 heteroatoms. The van der Waals surface area contributed by atoms with Crippen molar-refractivity contribution in [2.45, 2.75) is 0 Å². The second-order valence-electron chi connectivity index (χ2n) is 2.57. The molecule has 14 heavy (non-hydrogen) atoms. The highest BCUT2D eigenvalue weighted by molar-refractivity contribution is 9.10. The number of hydrogen-bond acceptors (Lipinski definition) is 1. The third kappa shape index (κ3) is 4.09. The van der Waals surface area contributed by atoms with E-state index in [2.05, 4.69) is 21.2 Å². The van der Waals surface area contributed by atoms with Gasteiger partial charge in [0.05, 0.1) is 6.54 Å². The molecule has 0 aliphatic heterocycles. The number of anilines is 1. The summed E-state index contributed by atoms with van der Waals surface area (Å²) >= 11 is 20.3. The van der Waals surface area contributed by atoms with Gasteiger partial charge < -0.3 is 5.32 Å². The molecule has 76 valence electrons. The molecular weight excluding hydrogens is 308 g/mol. The zero-order valence-electron chi connectivity index (χ0n) is 7.03. The van der Waals surface area contributed by atoms with Crippen molar-refractivity contribution in [2.24, 2.45) is 0 Å². The Morgan fingerprint density at radius 3 is 2.71 bits per heavy atom. The van der Waals surface area contributed by atoms with Crippen molar-refractivity contribution in [1.82, 2.24) is 0 Å². The molecule has 0 saturated carbocycles. The van der Waals surface area contributed by atoms with Crippen molar-refractivity contribution in [3.63, 3.8) is 0 Å². The maximum Gasteiger partial charge on any atom is 0.0516 e. The van der Waals surface area contributed by atoms with E-state index < -0.39 is 0 Å². The van der Waals surface area contributed by atoms with Gasteiger partial charge in [-0.2, -0.15) is 0 Å². The standard InChI is InChI=1S/C9H7BrCl3N/c10-6-1-7(12)3-9(2-6)14-5-8(13)4-11/h1-4,14H,5H2/b8-4+. The summed E-state index contributed by atoms with van der Waals surface area (Å²) in [5, 5.41) is 4.28. The lowest BCUT2D eigenvalue weighted by Gasteiger charge is -2.06. The monoisotopic (exact) mass is 313 g/mol. The van der Waals surface area contributed by atoms with Crippen LogP contribution >= 0.6 is 50.7 Å². The lowest BCUT2D eigenvalue weighted by Crippen LogP contribution is -2.00. The lowest BCUT2D eigenvalue weighted by molar-refractivity contribution is 1.31. The predicted molar refractivity (Wildman–Crippen MR) is 67.4 cm³/mol. The molecule has 0 radical (unpaired) electrons. The third-order valence-corrected chi connectivity index (χ3v) is 2.74. The van der Waals surface area contributed by atoms with Crippen molar-refractivity contribution < 1.29 is 0 Å². The van der Waals surface area contributed by atoms with Crippen LogP contribution in [0.5, 0.6) is 0 Å². The summed E-state index contributed by atoms with van der Waals surface area (Å²) in [6.07, 6.45) is 0. The predicted octanol–water partition coefficient (Wildman–Crippen LogP) is 4.83. The number of hydrogen-bond donors (Lipinski definition) is 1. The van der Waals surface area contributed by atoms with E-state index in [1.165, 1.54) is 5.54 Å². The topological polar surface area (TPSA) is 12.0 Å². The van der Waals surface area contributed by atoms with Crippen LogP contribution in [0.1, 0.15) is 0 Å². The van der Waals surface area contributed by atoms with Gasteiger partial charge in [0.15, 0.2) is 0 Å². The van der Waals surface area contributed by atoms with Gasteiger partial charge in [-0.3, -0.25) is 0 Å². The van der Waals surface area contributed by atoms with Gasteiger partial charge in [0.1, 0.15) is 0 Å². The van der Waals surface area contributed by atoms with Gasteiger partial charge in [-0.15, -0.1) is 0 Å². The van der Waals surface area contributed by atoms with E-state index in [4.69, 9.17) is 34.8 Å². The van der Waals surface area contributed by atoms with Crippen LogP contribution in [0.3, 0.4) is 0 Å². The maximum absolute atomic E-state index is 5.86. The molecule has 0 saturated heterocycles. The van der Waals surface area contributed by atoms with Crippen molar-refractivity contribution in [3.8, 4) is 0 Å². The van der Waals surface area contributed by atoms with Gasteiger partial charge in [0, 0.05) is 25.8 Å². The number of nitrogens with one attached hydrogen (secondary N) is 1. The number of halogens is 4. The van der Waals surface area contributed by atoms with Crippen molar-refractivity contribution >= 4 is 56.4 Å². The molecule has 0 atom stereocenters. The van der Waals surface area contributed by atoms with Gasteiger partial charge in [0.2, 0.25) is 0 Å². The van der Waals surface area contributed by atoms with Gasteiger partial charge in [-0.05, 0) is 18.2 Å². The Hall–Kier alpha value is 0.110. The van der Waals surface area contributed by atoms with Crippen LogP contribution in [0.4, 0.5) is 5.69 Å². The van der Waals surface area contributed by atoms with Gasteiger partial charge in [-0.25, -0.2) is 0 Å². The van der Waals surface area contributed by atoms with E-state index in [0.29, 0.717) is 16.6 Å². The van der Waals surface area contributed by atoms with Gasteiger partial charge in [-0.1, -0.05) is 50.7 Å². The summed E-state index contributed by atoms with van der Waals surface area (Å²) in [7, 11) is 0. The fourth-order valence-corrected chi connectivity index (χ4v) is 1.89. The molecular formula is C9H7BrCl3N. The largest absolute Gasteiger partial charge is 0.380 e. The molecule has 0 spiro atoms. The summed E-state index contributed by atoms with van der Waals surface area (Å²) < 4.78 is 0.915. The van der Waals surface area contributed by atoms with E-state index in [1.807, 2.05) is 18.2 Å². The van der Waals surface area contributed by atoms with E-state index in [1.54, 1.807) is 0 Å². The average molecular weight is 315 g/mol. The van der Waals surface area contributed by atoms with Crippen LogP contribution in [-0.2, 0) is 0 Å². The van der Waals surface area contributed by atoms with Gasteiger partial charge >= 0.3 is 0 Å². The molecule has 1 aromatic rings. The highest BCUT2D eigenvalue weighted by Crippen LogP contribution is 2.23. The maximum atomic E-state index is 5.86. The van der Waals surface area contributed by atoms with Crippen LogP contribution in [0, 0.1) is 0 Å². The first kappa shape index (κ1) is 12.2. The Morgan fingerprint density at radius 1 is 1.43 bits per heavy atom. The second-order valence-corrected chi connectivity index (χ2v) is 4.62. The molecule has 0 aromatic heterocycles. The molecule has 0 unspecified atom stereocenters. The average Bonchev–Trinajstić information content (AvgIpc) is 2.12. The van der Waals surface area contributed by atoms with Gasteiger partial charge in [0.25, 0.3) is 0 Å². The summed E-state index contributed by atoms with van der Waals surface area (Å²) in [5.41, 5.74) is 2.22. The molecule has 0 fully saturated rings. The highest BCUT2D eigenvalue weighted by atomic mass is 79.9. The van der Waals surface area contributed by atoms with Crippen molar-refractivity contribution in [3.05, 3.63) is 38.3 Å². The molecule has 0 bridgehead atoms. The molecule has 0 aliphatic rings. The Morgan fingerprint density at radius 2 is 2.14 bits per heavy atom. The van der Waals surface area contributed by atoms with Crippen molar-refractivity contribution in [1.29, 1.82) is 0 Å². The van der Waals surface area contributed by atoms with Crippen LogP contribution in [0.2, 0.25) is 5.02 Å². The molecule has 0 amide bonds. The fourth-order valence-electron chi connectivity index (χ4n) is 0.881. The van der Waals surface area contributed by atoms with E-state index >= 15 is 0 Å². The highest BCUT2D eigenvalue weighted by Gasteiger charge is 1.98. The fraction of sp³-hybridized carbons (Fsp3) is 0.111. The SMILES string of the molecule is Cl/C=C(/Cl)CNc1cc(Cl)cc(Br)c1. The van der Waals surface area contributed by atoms with Crippen LogP contribution in [-0.4, -0.2) is 6.54 Å². The minimum absolute atomic E-state index is 0.484. The Balaban J connectivity index is 2.67. The summed E-state index contributed by atoms with van der Waals surface area (Å²) in [6, 6.07) is 5.53. The molecule has 1 N–H and O–H groups in total. The van der Waals surface area contributed by atoms with E-state index in [0.717, 1.165) is 10.2 Å². The van der Waals surface area contributed by atoms with E-state index in [-0.39, 0.29) is 0 Å². The molecule has 0 heterocycles. The zero-order chi connectivity index (χ0) is 10.6. The minimum Gasteiger partial charge on any atom is -0.380 e. The van der Waals surface area contributed by atoms with Crippen LogP contribution in [0.15, 0.2) is 33.2 Å². The smallest absolute Gasteiger partial charge is 0.0516 e. The Kier molecular flexibility index (Phi) is 5.10. The number of benzene rings is 1. The number of rotatable bonds is 3. The molecule has 1 aromatic carbocycles. The minimum atomic E-state index is 0.484. The second kappa shape index (κ2) is 5.86. The summed E-state index contributed by atoms with van der Waals surface area (Å²) in [6.45, 7) is 0.484. The third-order valence-electron chi connectivity index (χ3n) is 1.44. The first-order chi connectivity index (χ1) is 6.61. The Labute approximate surface area is 106 Å². The van der Waals surface area contributed by atoms with Crippen LogP contribution < -0.4 is 5.32 Å².